The fourth-order valence-electron chi connectivity index (χ4n) is 2.54. The van der Waals surface area contributed by atoms with Gasteiger partial charge < -0.3 is 10.5 Å². The Morgan fingerprint density at radius 3 is 2.84 bits per heavy atom. The van der Waals surface area contributed by atoms with E-state index < -0.39 is 10.8 Å². The molecule has 1 fully saturated rings. The van der Waals surface area contributed by atoms with Gasteiger partial charge in [0.1, 0.15) is 5.75 Å². The van der Waals surface area contributed by atoms with Gasteiger partial charge in [0.25, 0.3) is 0 Å². The van der Waals surface area contributed by atoms with Crippen LogP contribution in [-0.2, 0) is 17.3 Å². The summed E-state index contributed by atoms with van der Waals surface area (Å²) in [5, 5.41) is 0. The van der Waals surface area contributed by atoms with Crippen molar-refractivity contribution >= 4 is 10.8 Å². The fourth-order valence-corrected chi connectivity index (χ4v) is 3.83. The first kappa shape index (κ1) is 14.5. The Hall–Kier alpha value is -0.870. The minimum atomic E-state index is -0.740. The molecule has 4 heteroatoms. The minimum absolute atomic E-state index is 0.519. The van der Waals surface area contributed by atoms with Crippen LogP contribution < -0.4 is 10.5 Å². The lowest BCUT2D eigenvalue weighted by atomic mass is 10.1. The maximum atomic E-state index is 11.9. The summed E-state index contributed by atoms with van der Waals surface area (Å²) in [4.78, 5) is 0. The van der Waals surface area contributed by atoms with Crippen LogP contribution in [0.5, 0.6) is 5.75 Å². The highest BCUT2D eigenvalue weighted by atomic mass is 32.2. The first-order valence-corrected chi connectivity index (χ1v) is 8.53. The van der Waals surface area contributed by atoms with E-state index in [1.807, 2.05) is 24.3 Å². The maximum Gasteiger partial charge on any atom is 0.119 e. The zero-order chi connectivity index (χ0) is 13.5. The monoisotopic (exact) mass is 281 g/mol. The number of benzene rings is 1. The van der Waals surface area contributed by atoms with E-state index in [9.17, 15) is 4.21 Å². The topological polar surface area (TPSA) is 52.3 Å². The van der Waals surface area contributed by atoms with Gasteiger partial charge in [-0.1, -0.05) is 25.0 Å². The Morgan fingerprint density at radius 1 is 1.32 bits per heavy atom. The largest absolute Gasteiger partial charge is 0.493 e. The lowest BCUT2D eigenvalue weighted by Crippen LogP contribution is -2.15. The highest BCUT2D eigenvalue weighted by Gasteiger charge is 2.17. The van der Waals surface area contributed by atoms with E-state index in [0.29, 0.717) is 24.8 Å². The second kappa shape index (κ2) is 7.65. The maximum absolute atomic E-state index is 11.9. The molecule has 19 heavy (non-hydrogen) atoms. The Labute approximate surface area is 118 Å². The van der Waals surface area contributed by atoms with E-state index in [-0.39, 0.29) is 0 Å². The van der Waals surface area contributed by atoms with Crippen molar-refractivity contribution in [2.24, 2.45) is 11.7 Å². The zero-order valence-electron chi connectivity index (χ0n) is 11.3. The fraction of sp³-hybridized carbons (Fsp3) is 0.600. The summed E-state index contributed by atoms with van der Waals surface area (Å²) >= 11 is 0. The van der Waals surface area contributed by atoms with Crippen LogP contribution in [0.3, 0.4) is 0 Å². The normalized spacial score (nSPS) is 17.5. The SMILES string of the molecule is NCc1cccc(OCCS(=O)CC2CCCC2)c1. The molecule has 1 saturated carbocycles. The summed E-state index contributed by atoms with van der Waals surface area (Å²) in [6.45, 7) is 1.04. The highest BCUT2D eigenvalue weighted by Crippen LogP contribution is 2.25. The van der Waals surface area contributed by atoms with Crippen LogP contribution in [0.4, 0.5) is 0 Å². The molecule has 1 atom stereocenters. The molecule has 0 bridgehead atoms. The molecular formula is C15H23NO2S. The number of hydrogen-bond donors (Lipinski definition) is 1. The molecule has 0 saturated heterocycles. The van der Waals surface area contributed by atoms with Crippen molar-refractivity contribution in [2.75, 3.05) is 18.1 Å². The molecule has 1 aromatic carbocycles. The van der Waals surface area contributed by atoms with Crippen molar-refractivity contribution in [2.45, 2.75) is 32.2 Å². The Kier molecular flexibility index (Phi) is 5.86. The first-order valence-electron chi connectivity index (χ1n) is 7.04. The van der Waals surface area contributed by atoms with Crippen LogP contribution in [0.1, 0.15) is 31.2 Å². The standard InChI is InChI=1S/C15H23NO2S/c16-11-14-6-3-7-15(10-14)18-8-9-19(17)12-13-4-1-2-5-13/h3,6-7,10,13H,1-2,4-5,8-9,11-12,16H2. The predicted octanol–water partition coefficient (Wildman–Crippen LogP) is 2.46. The average molecular weight is 281 g/mol. The van der Waals surface area contributed by atoms with Gasteiger partial charge in [-0.3, -0.25) is 4.21 Å². The first-order chi connectivity index (χ1) is 9.28. The quantitative estimate of drug-likeness (QED) is 0.835. The number of nitrogens with two attached hydrogens (primary N) is 1. The van der Waals surface area contributed by atoms with Gasteiger partial charge in [-0.15, -0.1) is 0 Å². The van der Waals surface area contributed by atoms with Crippen molar-refractivity contribution < 1.29 is 8.95 Å². The molecule has 2 rings (SSSR count). The highest BCUT2D eigenvalue weighted by molar-refractivity contribution is 7.85. The van der Waals surface area contributed by atoms with Gasteiger partial charge in [-0.2, -0.15) is 0 Å². The molecule has 0 aromatic heterocycles. The van der Waals surface area contributed by atoms with Gasteiger partial charge in [-0.25, -0.2) is 0 Å². The third-order valence-corrected chi connectivity index (χ3v) is 5.08. The molecule has 106 valence electrons. The van der Waals surface area contributed by atoms with Gasteiger partial charge in [0.2, 0.25) is 0 Å². The van der Waals surface area contributed by atoms with E-state index >= 15 is 0 Å². The molecule has 1 aliphatic rings. The number of ether oxygens (including phenoxy) is 1. The van der Waals surface area contributed by atoms with Gasteiger partial charge in [-0.05, 0) is 36.5 Å². The molecule has 0 radical (unpaired) electrons. The van der Waals surface area contributed by atoms with Crippen molar-refractivity contribution in [3.8, 4) is 5.75 Å². The van der Waals surface area contributed by atoms with Crippen LogP contribution >= 0.6 is 0 Å². The Bertz CT molecular complexity index is 416. The van der Waals surface area contributed by atoms with Crippen LogP contribution in [0.15, 0.2) is 24.3 Å². The van der Waals surface area contributed by atoms with E-state index in [0.717, 1.165) is 17.1 Å². The molecule has 0 heterocycles. The smallest absolute Gasteiger partial charge is 0.119 e. The second-order valence-corrected chi connectivity index (χ2v) is 6.78. The molecular weight excluding hydrogens is 258 g/mol. The van der Waals surface area contributed by atoms with Crippen molar-refractivity contribution in [3.05, 3.63) is 29.8 Å². The van der Waals surface area contributed by atoms with Gasteiger partial charge in [0, 0.05) is 23.1 Å². The summed E-state index contributed by atoms with van der Waals surface area (Å²) < 4.78 is 17.6. The van der Waals surface area contributed by atoms with Gasteiger partial charge in [0.05, 0.1) is 12.4 Å². The van der Waals surface area contributed by atoms with Crippen molar-refractivity contribution in [1.29, 1.82) is 0 Å². The summed E-state index contributed by atoms with van der Waals surface area (Å²) in [6.07, 6.45) is 5.13. The van der Waals surface area contributed by atoms with Crippen LogP contribution in [0.25, 0.3) is 0 Å². The molecule has 0 spiro atoms. The third-order valence-electron chi connectivity index (χ3n) is 3.61. The van der Waals surface area contributed by atoms with Crippen LogP contribution in [0.2, 0.25) is 0 Å². The molecule has 1 unspecified atom stereocenters. The minimum Gasteiger partial charge on any atom is -0.493 e. The van der Waals surface area contributed by atoms with Crippen molar-refractivity contribution in [1.82, 2.24) is 0 Å². The van der Waals surface area contributed by atoms with E-state index in [2.05, 4.69) is 0 Å². The molecule has 3 nitrogen and oxygen atoms in total. The zero-order valence-corrected chi connectivity index (χ0v) is 12.2. The predicted molar refractivity (Wildman–Crippen MR) is 79.7 cm³/mol. The van der Waals surface area contributed by atoms with Crippen LogP contribution in [-0.4, -0.2) is 22.3 Å². The lowest BCUT2D eigenvalue weighted by Gasteiger charge is -2.10. The summed E-state index contributed by atoms with van der Waals surface area (Å²) in [7, 11) is -0.740. The van der Waals surface area contributed by atoms with E-state index in [1.54, 1.807) is 0 Å². The second-order valence-electron chi connectivity index (χ2n) is 5.16. The van der Waals surface area contributed by atoms with Gasteiger partial charge in [0.15, 0.2) is 0 Å². The summed E-state index contributed by atoms with van der Waals surface area (Å²) in [5.74, 6) is 2.98. The number of hydrogen-bond acceptors (Lipinski definition) is 3. The lowest BCUT2D eigenvalue weighted by molar-refractivity contribution is 0.342. The third kappa shape index (κ3) is 4.96. The summed E-state index contributed by atoms with van der Waals surface area (Å²) in [6, 6.07) is 7.77. The Morgan fingerprint density at radius 2 is 2.11 bits per heavy atom. The Balaban J connectivity index is 1.68. The van der Waals surface area contributed by atoms with Gasteiger partial charge >= 0.3 is 0 Å². The molecule has 1 aromatic rings. The number of rotatable bonds is 7. The molecule has 1 aliphatic carbocycles. The van der Waals surface area contributed by atoms with E-state index in [4.69, 9.17) is 10.5 Å². The van der Waals surface area contributed by atoms with E-state index in [1.165, 1.54) is 25.7 Å². The van der Waals surface area contributed by atoms with Crippen LogP contribution in [0, 0.1) is 5.92 Å². The molecule has 0 aliphatic heterocycles. The summed E-state index contributed by atoms with van der Waals surface area (Å²) in [5.41, 5.74) is 6.64. The molecule has 0 amide bonds. The molecule has 2 N–H and O–H groups in total. The van der Waals surface area contributed by atoms with Crippen molar-refractivity contribution in [3.63, 3.8) is 0 Å². The average Bonchev–Trinajstić information content (AvgIpc) is 2.92.